The van der Waals surface area contributed by atoms with Gasteiger partial charge < -0.3 is 15.2 Å². The fourth-order valence-electron chi connectivity index (χ4n) is 3.42. The zero-order chi connectivity index (χ0) is 24.3. The number of aliphatic hydroxyl groups is 1. The Kier molecular flexibility index (Phi) is 9.38. The molecule has 0 radical (unpaired) electrons. The number of ether oxygens (including phenoxy) is 1. The number of morpholine rings is 1. The van der Waals surface area contributed by atoms with Crippen LogP contribution in [0.1, 0.15) is 34.0 Å². The molecule has 2 amide bonds. The number of amides is 2. The Bertz CT molecular complexity index is 1050. The summed E-state index contributed by atoms with van der Waals surface area (Å²) in [6.07, 6.45) is 2.54. The second kappa shape index (κ2) is 12.7. The molecule has 1 aliphatic rings. The largest absolute Gasteiger partial charge is 0.391 e. The average molecular weight is 464 g/mol. The Morgan fingerprint density at radius 3 is 2.41 bits per heavy atom. The van der Waals surface area contributed by atoms with Crippen LogP contribution in [0, 0.1) is 11.8 Å². The maximum absolute atomic E-state index is 12.3. The highest BCUT2D eigenvalue weighted by Crippen LogP contribution is 2.10. The molecule has 0 aliphatic carbocycles. The van der Waals surface area contributed by atoms with Crippen molar-refractivity contribution in [3.05, 3.63) is 76.9 Å². The first-order chi connectivity index (χ1) is 16.5. The molecule has 0 saturated carbocycles. The number of nitrogens with one attached hydrogen (secondary N) is 2. The average Bonchev–Trinajstić information content (AvgIpc) is 2.86. The maximum Gasteiger partial charge on any atom is 0.268 e. The molecule has 4 N–H and O–H groups in total. The second-order valence-electron chi connectivity index (χ2n) is 7.98. The third-order valence-corrected chi connectivity index (χ3v) is 5.37. The van der Waals surface area contributed by atoms with Crippen molar-refractivity contribution in [3.63, 3.8) is 0 Å². The van der Waals surface area contributed by atoms with E-state index in [1.165, 1.54) is 18.0 Å². The Morgan fingerprint density at radius 1 is 1.12 bits per heavy atom. The van der Waals surface area contributed by atoms with E-state index in [2.05, 4.69) is 46.3 Å². The highest BCUT2D eigenvalue weighted by molar-refractivity contribution is 5.97. The van der Waals surface area contributed by atoms with E-state index >= 15 is 0 Å². The number of aliphatic hydroxyl groups excluding tert-OH is 1. The van der Waals surface area contributed by atoms with Gasteiger partial charge in [0.1, 0.15) is 6.04 Å². The van der Waals surface area contributed by atoms with E-state index in [9.17, 15) is 14.7 Å². The monoisotopic (exact) mass is 463 g/mol. The van der Waals surface area contributed by atoms with Crippen LogP contribution in [0.4, 0.5) is 0 Å². The van der Waals surface area contributed by atoms with Crippen molar-refractivity contribution in [3.8, 4) is 11.8 Å². The van der Waals surface area contributed by atoms with Crippen LogP contribution in [0.25, 0.3) is 6.08 Å². The minimum Gasteiger partial charge on any atom is -0.391 e. The van der Waals surface area contributed by atoms with Gasteiger partial charge in [-0.25, -0.2) is 5.48 Å². The summed E-state index contributed by atoms with van der Waals surface area (Å²) >= 11 is 0. The molecule has 2 aromatic rings. The first kappa shape index (κ1) is 25.1. The van der Waals surface area contributed by atoms with Crippen LogP contribution in [-0.4, -0.2) is 65.5 Å². The minimum absolute atomic E-state index is 0.301. The summed E-state index contributed by atoms with van der Waals surface area (Å²) in [5.74, 6) is 4.54. The van der Waals surface area contributed by atoms with Crippen molar-refractivity contribution in [2.75, 3.05) is 26.3 Å². The van der Waals surface area contributed by atoms with Crippen LogP contribution in [0.15, 0.2) is 54.6 Å². The number of nitrogens with zero attached hydrogens (tertiary/aromatic N) is 1. The zero-order valence-corrected chi connectivity index (χ0v) is 19.0. The van der Waals surface area contributed by atoms with Gasteiger partial charge in [-0.1, -0.05) is 36.1 Å². The number of hydrogen-bond donors (Lipinski definition) is 4. The number of hydroxylamine groups is 1. The molecule has 178 valence electrons. The highest BCUT2D eigenvalue weighted by atomic mass is 16.5. The molecule has 0 unspecified atom stereocenters. The summed E-state index contributed by atoms with van der Waals surface area (Å²) in [6, 6.07) is 13.7. The predicted molar refractivity (Wildman–Crippen MR) is 128 cm³/mol. The van der Waals surface area contributed by atoms with E-state index in [0.29, 0.717) is 5.56 Å². The van der Waals surface area contributed by atoms with Crippen LogP contribution in [-0.2, 0) is 16.1 Å². The van der Waals surface area contributed by atoms with E-state index in [-0.39, 0.29) is 0 Å². The van der Waals surface area contributed by atoms with Gasteiger partial charge in [0.2, 0.25) is 0 Å². The van der Waals surface area contributed by atoms with Crippen LogP contribution in [0.3, 0.4) is 0 Å². The number of allylic oxidation sites excluding steroid dienone is 1. The van der Waals surface area contributed by atoms with Gasteiger partial charge in [-0.15, -0.1) is 0 Å². The van der Waals surface area contributed by atoms with Crippen molar-refractivity contribution in [1.29, 1.82) is 0 Å². The molecule has 8 heteroatoms. The minimum atomic E-state index is -1.27. The van der Waals surface area contributed by atoms with Crippen LogP contribution in [0.2, 0.25) is 0 Å². The maximum atomic E-state index is 12.3. The molecule has 2 aromatic carbocycles. The van der Waals surface area contributed by atoms with Gasteiger partial charge >= 0.3 is 0 Å². The summed E-state index contributed by atoms with van der Waals surface area (Å²) in [5, 5.41) is 20.7. The standard InChI is InChI=1S/C26H29N3O5/c1-19(30)24(26(32)28-33)27-25(31)23-12-10-21(11-13-23)5-3-2-4-20-6-8-22(9-7-20)18-29-14-16-34-17-15-29/h2,4,6-13,19,24,30,33H,14-18H2,1H3,(H,27,31)(H,28,32)/b4-2+/t19-,24-/m0/s1. The van der Waals surface area contributed by atoms with Gasteiger partial charge in [0, 0.05) is 30.8 Å². The van der Waals surface area contributed by atoms with Crippen molar-refractivity contribution in [2.24, 2.45) is 0 Å². The molecule has 0 spiro atoms. The summed E-state index contributed by atoms with van der Waals surface area (Å²) in [7, 11) is 0. The SMILES string of the molecule is C[C@H](O)[C@H](NC(=O)c1ccc(C#C/C=C/c2ccc(CN3CCOCC3)cc2)cc1)C(=O)NO. The molecule has 1 fully saturated rings. The van der Waals surface area contributed by atoms with Crippen molar-refractivity contribution >= 4 is 17.9 Å². The first-order valence-corrected chi connectivity index (χ1v) is 11.1. The number of carbonyl (C=O) groups excluding carboxylic acids is 2. The Morgan fingerprint density at radius 2 is 1.79 bits per heavy atom. The predicted octanol–water partition coefficient (Wildman–Crippen LogP) is 1.57. The lowest BCUT2D eigenvalue weighted by atomic mass is 10.1. The quantitative estimate of drug-likeness (QED) is 0.282. The molecule has 0 bridgehead atoms. The molecule has 1 aliphatic heterocycles. The lowest BCUT2D eigenvalue weighted by Crippen LogP contribution is -2.51. The van der Waals surface area contributed by atoms with Gasteiger partial charge in [-0.3, -0.25) is 19.7 Å². The molecule has 1 saturated heterocycles. The molecular formula is C26H29N3O5. The van der Waals surface area contributed by atoms with Gasteiger partial charge in [-0.2, -0.15) is 0 Å². The first-order valence-electron chi connectivity index (χ1n) is 11.1. The molecule has 8 nitrogen and oxygen atoms in total. The third kappa shape index (κ3) is 7.54. The third-order valence-electron chi connectivity index (χ3n) is 5.37. The lowest BCUT2D eigenvalue weighted by Gasteiger charge is -2.26. The molecule has 1 heterocycles. The Hall–Kier alpha value is -3.48. The van der Waals surface area contributed by atoms with Gasteiger partial charge in [0.05, 0.1) is 19.3 Å². The van der Waals surface area contributed by atoms with Crippen molar-refractivity contribution in [1.82, 2.24) is 15.7 Å². The molecule has 2 atom stereocenters. The summed E-state index contributed by atoms with van der Waals surface area (Å²) < 4.78 is 5.38. The van der Waals surface area contributed by atoms with Crippen molar-refractivity contribution in [2.45, 2.75) is 25.6 Å². The lowest BCUT2D eigenvalue weighted by molar-refractivity contribution is -0.133. The summed E-state index contributed by atoms with van der Waals surface area (Å²) in [5.41, 5.74) is 4.78. The van der Waals surface area contributed by atoms with Crippen molar-refractivity contribution < 1.29 is 24.6 Å². The van der Waals surface area contributed by atoms with Crippen LogP contribution < -0.4 is 10.8 Å². The van der Waals surface area contributed by atoms with Gasteiger partial charge in [0.25, 0.3) is 11.8 Å². The number of benzene rings is 2. The smallest absolute Gasteiger partial charge is 0.268 e. The van der Waals surface area contributed by atoms with E-state index in [1.54, 1.807) is 30.3 Å². The zero-order valence-electron chi connectivity index (χ0n) is 19.0. The Labute approximate surface area is 199 Å². The highest BCUT2D eigenvalue weighted by Gasteiger charge is 2.25. The fraction of sp³-hybridized carbons (Fsp3) is 0.308. The molecule has 0 aromatic heterocycles. The van der Waals surface area contributed by atoms with Gasteiger partial charge in [-0.05, 0) is 54.5 Å². The summed E-state index contributed by atoms with van der Waals surface area (Å²) in [4.78, 5) is 26.2. The number of hydrogen-bond acceptors (Lipinski definition) is 6. The molecule has 3 rings (SSSR count). The fourth-order valence-corrected chi connectivity index (χ4v) is 3.42. The van der Waals surface area contributed by atoms with Crippen LogP contribution in [0.5, 0.6) is 0 Å². The normalized spacial score (nSPS) is 15.7. The summed E-state index contributed by atoms with van der Waals surface area (Å²) in [6.45, 7) is 5.78. The molecular weight excluding hydrogens is 434 g/mol. The number of rotatable bonds is 7. The topological polar surface area (TPSA) is 111 Å². The van der Waals surface area contributed by atoms with Gasteiger partial charge in [0.15, 0.2) is 0 Å². The van der Waals surface area contributed by atoms with E-state index in [4.69, 9.17) is 9.94 Å². The van der Waals surface area contributed by atoms with E-state index in [1.807, 2.05) is 6.08 Å². The van der Waals surface area contributed by atoms with E-state index < -0.39 is 24.0 Å². The number of carbonyl (C=O) groups is 2. The van der Waals surface area contributed by atoms with Crippen LogP contribution >= 0.6 is 0 Å². The van der Waals surface area contributed by atoms with E-state index in [0.717, 1.165) is 44.0 Å². The molecule has 34 heavy (non-hydrogen) atoms. The second-order valence-corrected chi connectivity index (χ2v) is 7.98. The Balaban J connectivity index is 1.53.